The van der Waals surface area contributed by atoms with Crippen LogP contribution in [0.15, 0.2) is 82.2 Å². The Morgan fingerprint density at radius 1 is 1.03 bits per heavy atom. The minimum Gasteiger partial charge on any atom is -0.438 e. The fraction of sp³-hybridized carbons (Fsp3) is 0.0435. The van der Waals surface area contributed by atoms with E-state index in [0.717, 1.165) is 22.3 Å². The van der Waals surface area contributed by atoms with Gasteiger partial charge in [-0.05, 0) is 43.3 Å². The lowest BCUT2D eigenvalue weighted by Gasteiger charge is -2.03. The zero-order valence-corrected chi connectivity index (χ0v) is 16.0. The summed E-state index contributed by atoms with van der Waals surface area (Å²) < 4.78 is 6.06. The number of nitro groups is 1. The van der Waals surface area contributed by atoms with E-state index in [4.69, 9.17) is 4.42 Å². The molecule has 146 valence electrons. The molecule has 0 spiro atoms. The van der Waals surface area contributed by atoms with Gasteiger partial charge in [-0.15, -0.1) is 0 Å². The van der Waals surface area contributed by atoms with Crippen molar-refractivity contribution >= 4 is 33.4 Å². The van der Waals surface area contributed by atoms with Crippen LogP contribution in [0.3, 0.4) is 0 Å². The average molecular weight is 396 g/mol. The highest BCUT2D eigenvalue weighted by Gasteiger charge is 2.14. The fourth-order valence-corrected chi connectivity index (χ4v) is 3.30. The average Bonchev–Trinajstić information content (AvgIpc) is 3.18. The molecule has 5 rings (SSSR count). The number of rotatable bonds is 3. The maximum absolute atomic E-state index is 11.2. The van der Waals surface area contributed by atoms with Gasteiger partial charge in [-0.3, -0.25) is 10.1 Å². The zero-order valence-electron chi connectivity index (χ0n) is 16.0. The molecule has 5 aromatic rings. The summed E-state index contributed by atoms with van der Waals surface area (Å²) in [6.45, 7) is 2.01. The summed E-state index contributed by atoms with van der Waals surface area (Å²) in [7, 11) is 0. The first kappa shape index (κ1) is 17.8. The lowest BCUT2D eigenvalue weighted by Crippen LogP contribution is -2.06. The number of hydrogen-bond donors (Lipinski definition) is 1. The maximum atomic E-state index is 11.2. The molecule has 3 aromatic carbocycles. The van der Waals surface area contributed by atoms with Gasteiger partial charge in [-0.2, -0.15) is 0 Å². The van der Waals surface area contributed by atoms with Crippen LogP contribution in [-0.4, -0.2) is 14.9 Å². The Balaban J connectivity index is 1.79. The lowest BCUT2D eigenvalue weighted by atomic mass is 10.1. The number of para-hydroxylation sites is 2. The smallest absolute Gasteiger partial charge is 0.270 e. The first-order valence-electron chi connectivity index (χ1n) is 9.36. The van der Waals surface area contributed by atoms with E-state index in [1.165, 1.54) is 12.1 Å². The highest BCUT2D eigenvalue weighted by atomic mass is 16.6. The summed E-state index contributed by atoms with van der Waals surface area (Å²) in [5.74, 6) is 0.583. The molecule has 1 N–H and O–H groups in total. The van der Waals surface area contributed by atoms with Crippen LogP contribution in [0.2, 0.25) is 0 Å². The molecule has 0 amide bonds. The van der Waals surface area contributed by atoms with E-state index in [2.05, 4.69) is 15.0 Å². The quantitative estimate of drug-likeness (QED) is 0.325. The summed E-state index contributed by atoms with van der Waals surface area (Å²) in [5.41, 5.74) is 5.07. The second-order valence-electron chi connectivity index (χ2n) is 6.99. The predicted octanol–water partition coefficient (Wildman–Crippen LogP) is 5.43. The monoisotopic (exact) mass is 396 g/mol. The number of non-ortho nitro benzene ring substituents is 1. The van der Waals surface area contributed by atoms with Gasteiger partial charge < -0.3 is 9.40 Å². The van der Waals surface area contributed by atoms with Gasteiger partial charge in [0.25, 0.3) is 5.69 Å². The van der Waals surface area contributed by atoms with Crippen molar-refractivity contribution in [3.63, 3.8) is 0 Å². The summed E-state index contributed by atoms with van der Waals surface area (Å²) in [4.78, 5) is 23.4. The van der Waals surface area contributed by atoms with Gasteiger partial charge in [0.2, 0.25) is 5.55 Å². The van der Waals surface area contributed by atoms with Gasteiger partial charge >= 0.3 is 0 Å². The van der Waals surface area contributed by atoms with Crippen molar-refractivity contribution < 1.29 is 9.34 Å². The highest BCUT2D eigenvalue weighted by Crippen LogP contribution is 2.25. The van der Waals surface area contributed by atoms with Crippen LogP contribution < -0.4 is 5.55 Å². The first-order chi connectivity index (χ1) is 14.6. The standard InChI is InChI=1S/C23H16N4O3/c1-14-6-8-16(9-7-14)24-23-18(22-25-19-4-2-3-5-20(19)26-22)13-15-12-17(27(28)29)10-11-21(15)30-23/h2-13H,1H3,(H,25,26). The Morgan fingerprint density at radius 2 is 1.83 bits per heavy atom. The Morgan fingerprint density at radius 3 is 2.60 bits per heavy atom. The molecule has 0 saturated heterocycles. The van der Waals surface area contributed by atoms with Crippen molar-refractivity contribution in [2.24, 2.45) is 4.99 Å². The normalized spacial score (nSPS) is 12.0. The molecule has 2 aromatic heterocycles. The number of hydrogen-bond acceptors (Lipinski definition) is 5. The van der Waals surface area contributed by atoms with Gasteiger partial charge in [0.15, 0.2) is 0 Å². The first-order valence-corrected chi connectivity index (χ1v) is 9.36. The number of imidazole rings is 1. The Bertz CT molecular complexity index is 1450. The van der Waals surface area contributed by atoms with Crippen LogP contribution in [0, 0.1) is 17.0 Å². The maximum Gasteiger partial charge on any atom is 0.270 e. The third-order valence-corrected chi connectivity index (χ3v) is 4.85. The molecule has 7 heteroatoms. The van der Waals surface area contributed by atoms with Crippen LogP contribution in [0.1, 0.15) is 5.56 Å². The van der Waals surface area contributed by atoms with Gasteiger partial charge in [0.05, 0.1) is 27.2 Å². The Hall–Kier alpha value is -4.26. The zero-order chi connectivity index (χ0) is 20.7. The molecule has 0 radical (unpaired) electrons. The van der Waals surface area contributed by atoms with E-state index in [1.54, 1.807) is 6.07 Å². The van der Waals surface area contributed by atoms with Gasteiger partial charge in [0, 0.05) is 17.5 Å². The summed E-state index contributed by atoms with van der Waals surface area (Å²) in [6.07, 6.45) is 0. The molecule has 0 aliphatic heterocycles. The number of nitrogens with one attached hydrogen (secondary N) is 1. The van der Waals surface area contributed by atoms with Crippen LogP contribution in [0.5, 0.6) is 0 Å². The molecule has 0 fully saturated rings. The molecule has 2 heterocycles. The fourth-order valence-electron chi connectivity index (χ4n) is 3.30. The van der Waals surface area contributed by atoms with Crippen molar-refractivity contribution in [2.45, 2.75) is 6.92 Å². The van der Waals surface area contributed by atoms with Crippen LogP contribution in [0.4, 0.5) is 11.4 Å². The second kappa shape index (κ2) is 6.97. The van der Waals surface area contributed by atoms with Crippen molar-refractivity contribution in [3.8, 4) is 11.4 Å². The predicted molar refractivity (Wildman–Crippen MR) is 114 cm³/mol. The molecule has 0 unspecified atom stereocenters. The molecular weight excluding hydrogens is 380 g/mol. The summed E-state index contributed by atoms with van der Waals surface area (Å²) in [5, 5.41) is 11.8. The van der Waals surface area contributed by atoms with Gasteiger partial charge in [-0.25, -0.2) is 9.98 Å². The molecule has 0 bridgehead atoms. The molecule has 7 nitrogen and oxygen atoms in total. The Kier molecular flexibility index (Phi) is 4.14. The van der Waals surface area contributed by atoms with Gasteiger partial charge in [0.1, 0.15) is 11.4 Å². The summed E-state index contributed by atoms with van der Waals surface area (Å²) >= 11 is 0. The summed E-state index contributed by atoms with van der Waals surface area (Å²) in [6, 6.07) is 21.8. The number of nitrogens with zero attached hydrogens (tertiary/aromatic N) is 3. The van der Waals surface area contributed by atoms with Crippen LogP contribution in [-0.2, 0) is 0 Å². The molecule has 0 atom stereocenters. The van der Waals surface area contributed by atoms with E-state index in [9.17, 15) is 10.1 Å². The van der Waals surface area contributed by atoms with Gasteiger partial charge in [-0.1, -0.05) is 29.8 Å². The van der Waals surface area contributed by atoms with E-state index in [1.807, 2.05) is 61.5 Å². The van der Waals surface area contributed by atoms with Crippen molar-refractivity contribution in [3.05, 3.63) is 94.0 Å². The molecule has 30 heavy (non-hydrogen) atoms. The van der Waals surface area contributed by atoms with E-state index < -0.39 is 4.92 Å². The van der Waals surface area contributed by atoms with Crippen LogP contribution >= 0.6 is 0 Å². The van der Waals surface area contributed by atoms with E-state index in [0.29, 0.717) is 27.9 Å². The highest BCUT2D eigenvalue weighted by molar-refractivity contribution is 5.85. The van der Waals surface area contributed by atoms with Crippen molar-refractivity contribution in [2.75, 3.05) is 0 Å². The molecular formula is C23H16N4O3. The number of aryl methyl sites for hydroxylation is 1. The van der Waals surface area contributed by atoms with E-state index in [-0.39, 0.29) is 5.69 Å². The number of aromatic nitrogens is 2. The number of H-pyrrole nitrogens is 1. The number of benzene rings is 3. The molecule has 0 saturated carbocycles. The lowest BCUT2D eigenvalue weighted by molar-refractivity contribution is -0.384. The minimum absolute atomic E-state index is 0.00326. The second-order valence-corrected chi connectivity index (χ2v) is 6.99. The Labute approximate surface area is 170 Å². The van der Waals surface area contributed by atoms with Crippen LogP contribution in [0.25, 0.3) is 33.4 Å². The number of nitro benzene ring substituents is 1. The largest absolute Gasteiger partial charge is 0.438 e. The topological polar surface area (TPSA) is 97.3 Å². The third kappa shape index (κ3) is 3.22. The molecule has 0 aliphatic rings. The molecule has 0 aliphatic carbocycles. The van der Waals surface area contributed by atoms with Crippen molar-refractivity contribution in [1.29, 1.82) is 0 Å². The van der Waals surface area contributed by atoms with E-state index >= 15 is 0 Å². The SMILES string of the molecule is Cc1ccc(N=c2oc3ccc([N+](=O)[O-])cc3cc2-c2nc3ccccc3[nH]2)cc1. The number of fused-ring (bicyclic) bond motifs is 2. The third-order valence-electron chi connectivity index (χ3n) is 4.85. The number of aromatic amines is 1. The van der Waals surface area contributed by atoms with Crippen molar-refractivity contribution in [1.82, 2.24) is 9.97 Å². The minimum atomic E-state index is -0.426.